The number of benzene rings is 1. The molecule has 4 heteroatoms. The van der Waals surface area contributed by atoms with Crippen molar-refractivity contribution in [3.05, 3.63) is 29.8 Å². The number of rotatable bonds is 10. The van der Waals surface area contributed by atoms with Crippen molar-refractivity contribution in [3.63, 3.8) is 0 Å². The van der Waals surface area contributed by atoms with Crippen molar-refractivity contribution >= 4 is 5.91 Å². The van der Waals surface area contributed by atoms with E-state index in [1.54, 1.807) is 7.11 Å². The molecule has 0 aliphatic carbocycles. The van der Waals surface area contributed by atoms with Crippen molar-refractivity contribution in [2.24, 2.45) is 0 Å². The first-order valence-electron chi connectivity index (χ1n) is 7.82. The van der Waals surface area contributed by atoms with Gasteiger partial charge in [0.05, 0.1) is 7.11 Å². The van der Waals surface area contributed by atoms with E-state index in [0.717, 1.165) is 43.8 Å². The van der Waals surface area contributed by atoms with Gasteiger partial charge in [0.1, 0.15) is 5.75 Å². The Hall–Kier alpha value is -1.55. The SMILES string of the molecule is CCCN(CCC)CCC(=O)NCc1ccccc1OC. The third-order valence-corrected chi connectivity index (χ3v) is 3.40. The first-order chi connectivity index (χ1) is 10.2. The fraction of sp³-hybridized carbons (Fsp3) is 0.588. The van der Waals surface area contributed by atoms with Gasteiger partial charge < -0.3 is 15.0 Å². The highest BCUT2D eigenvalue weighted by Gasteiger charge is 2.08. The molecule has 1 aromatic carbocycles. The number of nitrogens with one attached hydrogen (secondary N) is 1. The van der Waals surface area contributed by atoms with Crippen LogP contribution in [0.5, 0.6) is 5.75 Å². The summed E-state index contributed by atoms with van der Waals surface area (Å²) in [4.78, 5) is 14.3. The van der Waals surface area contributed by atoms with Gasteiger partial charge in [-0.3, -0.25) is 4.79 Å². The second kappa shape index (κ2) is 10.2. The van der Waals surface area contributed by atoms with Gasteiger partial charge in [0.15, 0.2) is 0 Å². The summed E-state index contributed by atoms with van der Waals surface area (Å²) < 4.78 is 5.28. The van der Waals surface area contributed by atoms with Crippen LogP contribution in [-0.2, 0) is 11.3 Å². The van der Waals surface area contributed by atoms with Crippen molar-refractivity contribution in [2.75, 3.05) is 26.7 Å². The molecule has 0 heterocycles. The molecule has 0 aliphatic rings. The Balaban J connectivity index is 2.36. The van der Waals surface area contributed by atoms with E-state index < -0.39 is 0 Å². The molecular formula is C17H28N2O2. The number of carbonyl (C=O) groups is 1. The van der Waals surface area contributed by atoms with Crippen molar-refractivity contribution in [3.8, 4) is 5.75 Å². The number of nitrogens with zero attached hydrogens (tertiary/aromatic N) is 1. The molecule has 0 saturated heterocycles. The number of hydrogen-bond acceptors (Lipinski definition) is 3. The minimum Gasteiger partial charge on any atom is -0.496 e. The van der Waals surface area contributed by atoms with Crippen LogP contribution in [-0.4, -0.2) is 37.6 Å². The fourth-order valence-corrected chi connectivity index (χ4v) is 2.36. The smallest absolute Gasteiger partial charge is 0.221 e. The second-order valence-electron chi connectivity index (χ2n) is 5.18. The number of methoxy groups -OCH3 is 1. The first kappa shape index (κ1) is 17.5. The maximum atomic E-state index is 12.0. The normalized spacial score (nSPS) is 10.7. The van der Waals surface area contributed by atoms with Crippen LogP contribution in [0.3, 0.4) is 0 Å². The monoisotopic (exact) mass is 292 g/mol. The van der Waals surface area contributed by atoms with Crippen LogP contribution in [0.15, 0.2) is 24.3 Å². The number of amides is 1. The molecule has 1 rings (SSSR count). The predicted molar refractivity (Wildman–Crippen MR) is 86.5 cm³/mol. The van der Waals surface area contributed by atoms with E-state index in [2.05, 4.69) is 24.1 Å². The molecule has 0 unspecified atom stereocenters. The van der Waals surface area contributed by atoms with E-state index >= 15 is 0 Å². The minimum absolute atomic E-state index is 0.0955. The van der Waals surface area contributed by atoms with Gasteiger partial charge in [0.2, 0.25) is 5.91 Å². The molecule has 1 amide bonds. The molecule has 0 saturated carbocycles. The molecule has 0 aliphatic heterocycles. The first-order valence-corrected chi connectivity index (χ1v) is 7.82. The van der Waals surface area contributed by atoms with Crippen LogP contribution in [0.25, 0.3) is 0 Å². The lowest BCUT2D eigenvalue weighted by molar-refractivity contribution is -0.121. The Labute approximate surface area is 128 Å². The molecule has 0 bridgehead atoms. The number of ether oxygens (including phenoxy) is 1. The maximum absolute atomic E-state index is 12.0. The lowest BCUT2D eigenvalue weighted by Crippen LogP contribution is -2.31. The Kier molecular flexibility index (Phi) is 8.51. The van der Waals surface area contributed by atoms with Gasteiger partial charge in [-0.25, -0.2) is 0 Å². The summed E-state index contributed by atoms with van der Waals surface area (Å²) in [5, 5.41) is 2.97. The zero-order valence-corrected chi connectivity index (χ0v) is 13.5. The molecule has 0 radical (unpaired) electrons. The van der Waals surface area contributed by atoms with E-state index in [0.29, 0.717) is 13.0 Å². The molecule has 0 aromatic heterocycles. The number of para-hydroxylation sites is 1. The summed E-state index contributed by atoms with van der Waals surface area (Å²) in [5.41, 5.74) is 1.01. The van der Waals surface area contributed by atoms with Gasteiger partial charge in [-0.15, -0.1) is 0 Å². The van der Waals surface area contributed by atoms with Crippen molar-refractivity contribution < 1.29 is 9.53 Å². The van der Waals surface area contributed by atoms with E-state index in [-0.39, 0.29) is 5.91 Å². The predicted octanol–water partition coefficient (Wildman–Crippen LogP) is 2.82. The highest BCUT2D eigenvalue weighted by atomic mass is 16.5. The fourth-order valence-electron chi connectivity index (χ4n) is 2.36. The maximum Gasteiger partial charge on any atom is 0.221 e. The van der Waals surface area contributed by atoms with Crippen LogP contribution >= 0.6 is 0 Å². The lowest BCUT2D eigenvalue weighted by Gasteiger charge is -2.20. The zero-order valence-electron chi connectivity index (χ0n) is 13.5. The lowest BCUT2D eigenvalue weighted by atomic mass is 10.2. The summed E-state index contributed by atoms with van der Waals surface area (Å²) >= 11 is 0. The molecular weight excluding hydrogens is 264 g/mol. The minimum atomic E-state index is 0.0955. The topological polar surface area (TPSA) is 41.6 Å². The van der Waals surface area contributed by atoms with Gasteiger partial charge in [0, 0.05) is 25.1 Å². The Morgan fingerprint density at radius 1 is 1.14 bits per heavy atom. The highest BCUT2D eigenvalue weighted by molar-refractivity contribution is 5.76. The third-order valence-electron chi connectivity index (χ3n) is 3.40. The van der Waals surface area contributed by atoms with Crippen LogP contribution < -0.4 is 10.1 Å². The molecule has 21 heavy (non-hydrogen) atoms. The number of carbonyl (C=O) groups excluding carboxylic acids is 1. The van der Waals surface area contributed by atoms with Gasteiger partial charge in [0.25, 0.3) is 0 Å². The Bertz CT molecular complexity index is 415. The average molecular weight is 292 g/mol. The van der Waals surface area contributed by atoms with Crippen molar-refractivity contribution in [1.29, 1.82) is 0 Å². The van der Waals surface area contributed by atoms with Crippen LogP contribution in [0.2, 0.25) is 0 Å². The molecule has 4 nitrogen and oxygen atoms in total. The molecule has 1 aromatic rings. The van der Waals surface area contributed by atoms with Gasteiger partial charge in [-0.1, -0.05) is 32.0 Å². The molecule has 0 spiro atoms. The average Bonchev–Trinajstić information content (AvgIpc) is 2.51. The molecule has 118 valence electrons. The van der Waals surface area contributed by atoms with Crippen LogP contribution in [0.1, 0.15) is 38.7 Å². The van der Waals surface area contributed by atoms with E-state index in [1.807, 2.05) is 24.3 Å². The van der Waals surface area contributed by atoms with E-state index in [1.165, 1.54) is 0 Å². The quantitative estimate of drug-likeness (QED) is 0.721. The van der Waals surface area contributed by atoms with E-state index in [4.69, 9.17) is 4.74 Å². The van der Waals surface area contributed by atoms with Gasteiger partial charge in [-0.2, -0.15) is 0 Å². The Morgan fingerprint density at radius 3 is 2.43 bits per heavy atom. The molecule has 0 atom stereocenters. The largest absolute Gasteiger partial charge is 0.496 e. The standard InChI is InChI=1S/C17H28N2O2/c1-4-11-19(12-5-2)13-10-17(20)18-14-15-8-6-7-9-16(15)21-3/h6-9H,4-5,10-14H2,1-3H3,(H,18,20). The van der Waals surface area contributed by atoms with Crippen LogP contribution in [0, 0.1) is 0 Å². The summed E-state index contributed by atoms with van der Waals surface area (Å²) in [5.74, 6) is 0.912. The Morgan fingerprint density at radius 2 is 1.81 bits per heavy atom. The highest BCUT2D eigenvalue weighted by Crippen LogP contribution is 2.16. The third kappa shape index (κ3) is 6.63. The molecule has 1 N–H and O–H groups in total. The van der Waals surface area contributed by atoms with E-state index in [9.17, 15) is 4.79 Å². The second-order valence-corrected chi connectivity index (χ2v) is 5.18. The van der Waals surface area contributed by atoms with Gasteiger partial charge >= 0.3 is 0 Å². The molecule has 0 fully saturated rings. The summed E-state index contributed by atoms with van der Waals surface area (Å²) in [7, 11) is 1.65. The summed E-state index contributed by atoms with van der Waals surface area (Å²) in [6.45, 7) is 7.82. The van der Waals surface area contributed by atoms with Crippen molar-refractivity contribution in [1.82, 2.24) is 10.2 Å². The summed E-state index contributed by atoms with van der Waals surface area (Å²) in [6.07, 6.45) is 2.81. The van der Waals surface area contributed by atoms with Crippen LogP contribution in [0.4, 0.5) is 0 Å². The summed E-state index contributed by atoms with van der Waals surface area (Å²) in [6, 6.07) is 7.76. The number of hydrogen-bond donors (Lipinski definition) is 1. The van der Waals surface area contributed by atoms with Gasteiger partial charge in [-0.05, 0) is 32.0 Å². The zero-order chi connectivity index (χ0) is 15.5. The van der Waals surface area contributed by atoms with Crippen molar-refractivity contribution in [2.45, 2.75) is 39.7 Å².